The van der Waals surface area contributed by atoms with Crippen molar-refractivity contribution in [3.8, 4) is 11.4 Å². The van der Waals surface area contributed by atoms with Gasteiger partial charge in [0.1, 0.15) is 0 Å². The molecule has 1 fully saturated rings. The van der Waals surface area contributed by atoms with Crippen molar-refractivity contribution < 1.29 is 4.52 Å². The Morgan fingerprint density at radius 2 is 1.81 bits per heavy atom. The van der Waals surface area contributed by atoms with Crippen molar-refractivity contribution in [2.45, 2.75) is 20.4 Å². The van der Waals surface area contributed by atoms with Gasteiger partial charge in [0.05, 0.1) is 6.54 Å². The Morgan fingerprint density at radius 3 is 2.59 bits per heavy atom. The van der Waals surface area contributed by atoms with E-state index in [0.29, 0.717) is 18.3 Å². The highest BCUT2D eigenvalue weighted by molar-refractivity contribution is 9.10. The summed E-state index contributed by atoms with van der Waals surface area (Å²) >= 11 is 3.48. The molecule has 4 rings (SSSR count). The summed E-state index contributed by atoms with van der Waals surface area (Å²) in [7, 11) is 0. The van der Waals surface area contributed by atoms with Crippen LogP contribution in [0.5, 0.6) is 0 Å². The van der Waals surface area contributed by atoms with E-state index in [0.717, 1.165) is 36.2 Å². The second-order valence-corrected chi connectivity index (χ2v) is 7.92. The second-order valence-electron chi connectivity index (χ2n) is 7.00. The third-order valence-electron chi connectivity index (χ3n) is 5.20. The van der Waals surface area contributed by atoms with E-state index in [1.165, 1.54) is 16.8 Å². The highest BCUT2D eigenvalue weighted by Crippen LogP contribution is 2.24. The van der Waals surface area contributed by atoms with Crippen LogP contribution in [0.3, 0.4) is 0 Å². The minimum absolute atomic E-state index is 0.639. The van der Waals surface area contributed by atoms with Crippen molar-refractivity contribution in [1.82, 2.24) is 15.0 Å². The van der Waals surface area contributed by atoms with E-state index in [2.05, 4.69) is 67.9 Å². The van der Waals surface area contributed by atoms with Crippen molar-refractivity contribution in [3.05, 3.63) is 64.0 Å². The zero-order valence-electron chi connectivity index (χ0n) is 15.7. The molecule has 0 saturated carbocycles. The van der Waals surface area contributed by atoms with Gasteiger partial charge in [-0.1, -0.05) is 45.4 Å². The van der Waals surface area contributed by atoms with Crippen LogP contribution < -0.4 is 4.90 Å². The van der Waals surface area contributed by atoms with Gasteiger partial charge in [0.25, 0.3) is 0 Å². The number of hydrogen-bond donors (Lipinski definition) is 0. The van der Waals surface area contributed by atoms with Crippen molar-refractivity contribution in [1.29, 1.82) is 0 Å². The van der Waals surface area contributed by atoms with Gasteiger partial charge in [-0.25, -0.2) is 0 Å². The minimum atomic E-state index is 0.639. The molecule has 0 amide bonds. The van der Waals surface area contributed by atoms with Crippen LogP contribution in [0.1, 0.15) is 17.0 Å². The van der Waals surface area contributed by atoms with E-state index in [1.807, 2.05) is 24.3 Å². The Bertz CT molecular complexity index is 931. The number of nitrogens with zero attached hydrogens (tertiary/aromatic N) is 4. The summed E-state index contributed by atoms with van der Waals surface area (Å²) < 4.78 is 6.48. The van der Waals surface area contributed by atoms with Gasteiger partial charge < -0.3 is 9.42 Å². The number of benzene rings is 2. The molecule has 1 aliphatic rings. The minimum Gasteiger partial charge on any atom is -0.369 e. The predicted molar refractivity (Wildman–Crippen MR) is 111 cm³/mol. The molecule has 1 saturated heterocycles. The first-order valence-corrected chi connectivity index (χ1v) is 10.0. The Hall–Kier alpha value is -2.18. The van der Waals surface area contributed by atoms with E-state index in [4.69, 9.17) is 4.52 Å². The number of aromatic nitrogens is 2. The second kappa shape index (κ2) is 7.82. The predicted octanol–water partition coefficient (Wildman–Crippen LogP) is 4.44. The number of halogens is 1. The van der Waals surface area contributed by atoms with Crippen LogP contribution in [0.15, 0.2) is 51.5 Å². The summed E-state index contributed by atoms with van der Waals surface area (Å²) in [6, 6.07) is 14.5. The molecule has 0 atom stereocenters. The van der Waals surface area contributed by atoms with E-state index >= 15 is 0 Å². The largest absolute Gasteiger partial charge is 0.369 e. The molecule has 1 aliphatic heterocycles. The fraction of sp³-hybridized carbons (Fsp3) is 0.333. The van der Waals surface area contributed by atoms with Gasteiger partial charge in [0.2, 0.25) is 11.7 Å². The lowest BCUT2D eigenvalue weighted by Crippen LogP contribution is -2.46. The number of aryl methyl sites for hydroxylation is 1. The maximum Gasteiger partial charge on any atom is 0.241 e. The number of piperazine rings is 1. The smallest absolute Gasteiger partial charge is 0.241 e. The molecule has 0 aliphatic carbocycles. The highest BCUT2D eigenvalue weighted by Gasteiger charge is 2.21. The average molecular weight is 427 g/mol. The third-order valence-corrected chi connectivity index (χ3v) is 5.69. The molecule has 2 aromatic carbocycles. The Kier molecular flexibility index (Phi) is 5.27. The van der Waals surface area contributed by atoms with Gasteiger partial charge in [-0.05, 0) is 43.2 Å². The van der Waals surface area contributed by atoms with E-state index in [-0.39, 0.29) is 0 Å². The van der Waals surface area contributed by atoms with Crippen molar-refractivity contribution in [2.75, 3.05) is 31.1 Å². The maximum atomic E-state index is 5.48. The quantitative estimate of drug-likeness (QED) is 0.616. The monoisotopic (exact) mass is 426 g/mol. The average Bonchev–Trinajstić information content (AvgIpc) is 3.13. The summed E-state index contributed by atoms with van der Waals surface area (Å²) in [5.74, 6) is 1.31. The summed E-state index contributed by atoms with van der Waals surface area (Å²) in [5, 5.41) is 4.13. The van der Waals surface area contributed by atoms with E-state index in [1.54, 1.807) is 0 Å². The van der Waals surface area contributed by atoms with Gasteiger partial charge >= 0.3 is 0 Å². The molecule has 27 heavy (non-hydrogen) atoms. The summed E-state index contributed by atoms with van der Waals surface area (Å²) in [4.78, 5) is 9.41. The maximum absolute atomic E-state index is 5.48. The van der Waals surface area contributed by atoms with Crippen molar-refractivity contribution >= 4 is 21.6 Å². The highest BCUT2D eigenvalue weighted by atomic mass is 79.9. The van der Waals surface area contributed by atoms with Crippen LogP contribution in [-0.2, 0) is 6.54 Å². The van der Waals surface area contributed by atoms with E-state index < -0.39 is 0 Å². The van der Waals surface area contributed by atoms with Crippen LogP contribution in [0, 0.1) is 13.8 Å². The molecule has 1 aromatic heterocycles. The van der Waals surface area contributed by atoms with E-state index in [9.17, 15) is 0 Å². The molecule has 0 bridgehead atoms. The molecule has 0 radical (unpaired) electrons. The third kappa shape index (κ3) is 4.06. The first-order chi connectivity index (χ1) is 13.1. The molecule has 3 aromatic rings. The zero-order valence-corrected chi connectivity index (χ0v) is 17.2. The molecule has 0 spiro atoms. The van der Waals surface area contributed by atoms with Gasteiger partial charge in [0.15, 0.2) is 0 Å². The number of anilines is 1. The number of hydrogen-bond acceptors (Lipinski definition) is 5. The first kappa shape index (κ1) is 18.2. The van der Waals surface area contributed by atoms with Crippen LogP contribution in [0.4, 0.5) is 5.69 Å². The van der Waals surface area contributed by atoms with Gasteiger partial charge in [0, 0.05) is 41.9 Å². The normalized spacial score (nSPS) is 15.3. The summed E-state index contributed by atoms with van der Waals surface area (Å²) in [6.07, 6.45) is 0. The van der Waals surface area contributed by atoms with Crippen LogP contribution in [0.25, 0.3) is 11.4 Å². The summed E-state index contributed by atoms with van der Waals surface area (Å²) in [5.41, 5.74) is 5.03. The fourth-order valence-electron chi connectivity index (χ4n) is 3.48. The SMILES string of the molecule is Cc1cccc(N2CCN(Cc3nc(-c4cccc(Br)c4)no3)CC2)c1C. The van der Waals surface area contributed by atoms with Crippen LogP contribution in [0.2, 0.25) is 0 Å². The lowest BCUT2D eigenvalue weighted by atomic mass is 10.1. The Morgan fingerprint density at radius 1 is 1.04 bits per heavy atom. The molecule has 0 N–H and O–H groups in total. The lowest BCUT2D eigenvalue weighted by molar-refractivity contribution is 0.215. The molecule has 5 nitrogen and oxygen atoms in total. The first-order valence-electron chi connectivity index (χ1n) is 9.22. The van der Waals surface area contributed by atoms with Crippen molar-refractivity contribution in [2.24, 2.45) is 0 Å². The molecular weight excluding hydrogens is 404 g/mol. The van der Waals surface area contributed by atoms with Crippen LogP contribution >= 0.6 is 15.9 Å². The standard InChI is InChI=1S/C21H23BrN4O/c1-15-5-3-8-19(16(15)2)26-11-9-25(10-12-26)14-20-23-21(24-27-20)17-6-4-7-18(22)13-17/h3-8,13H,9-12,14H2,1-2H3. The van der Waals surface area contributed by atoms with Crippen molar-refractivity contribution in [3.63, 3.8) is 0 Å². The van der Waals surface area contributed by atoms with Gasteiger partial charge in [-0.2, -0.15) is 4.98 Å². The van der Waals surface area contributed by atoms with Gasteiger partial charge in [-0.15, -0.1) is 0 Å². The number of rotatable bonds is 4. The molecule has 2 heterocycles. The fourth-order valence-corrected chi connectivity index (χ4v) is 3.88. The Balaban J connectivity index is 1.38. The van der Waals surface area contributed by atoms with Crippen LogP contribution in [-0.4, -0.2) is 41.2 Å². The zero-order chi connectivity index (χ0) is 18.8. The lowest BCUT2D eigenvalue weighted by Gasteiger charge is -2.36. The molecule has 6 heteroatoms. The molecule has 140 valence electrons. The Labute approximate surface area is 168 Å². The topological polar surface area (TPSA) is 45.4 Å². The molecular formula is C21H23BrN4O. The van der Waals surface area contributed by atoms with Gasteiger partial charge in [-0.3, -0.25) is 4.90 Å². The summed E-state index contributed by atoms with van der Waals surface area (Å²) in [6.45, 7) is 9.08. The molecule has 0 unspecified atom stereocenters.